The van der Waals surface area contributed by atoms with E-state index in [0.717, 1.165) is 38.2 Å². The molecule has 6 heteroatoms. The molecule has 1 saturated heterocycles. The topological polar surface area (TPSA) is 58.4 Å². The van der Waals surface area contributed by atoms with Gasteiger partial charge in [-0.25, -0.2) is 4.39 Å². The summed E-state index contributed by atoms with van der Waals surface area (Å²) >= 11 is 5.75. The fourth-order valence-corrected chi connectivity index (χ4v) is 3.30. The number of carbonyl (C=O) groups excluding carboxylic acids is 1. The van der Waals surface area contributed by atoms with Gasteiger partial charge in [-0.05, 0) is 61.8 Å². The quantitative estimate of drug-likeness (QED) is 0.812. The molecule has 2 aromatic rings. The average molecular weight is 362 g/mol. The van der Waals surface area contributed by atoms with Crippen LogP contribution in [0, 0.1) is 11.7 Å². The summed E-state index contributed by atoms with van der Waals surface area (Å²) in [7, 11) is 0. The SMILES string of the molecule is Nc1cccc(CN2CCC(C(=O)Nc3ccc(F)c(Cl)c3)CC2)c1. The van der Waals surface area contributed by atoms with Crippen LogP contribution >= 0.6 is 11.6 Å². The number of carbonyl (C=O) groups is 1. The van der Waals surface area contributed by atoms with Gasteiger partial charge < -0.3 is 11.1 Å². The van der Waals surface area contributed by atoms with Gasteiger partial charge >= 0.3 is 0 Å². The zero-order valence-electron chi connectivity index (χ0n) is 13.8. The highest BCUT2D eigenvalue weighted by Gasteiger charge is 2.25. The normalized spacial score (nSPS) is 15.9. The third-order valence-corrected chi connectivity index (χ3v) is 4.79. The van der Waals surface area contributed by atoms with Crippen molar-refractivity contribution >= 4 is 28.9 Å². The van der Waals surface area contributed by atoms with E-state index >= 15 is 0 Å². The predicted molar refractivity (Wildman–Crippen MR) is 98.9 cm³/mol. The Bertz CT molecular complexity index is 760. The molecule has 1 aliphatic rings. The van der Waals surface area contributed by atoms with Gasteiger partial charge in [0.25, 0.3) is 0 Å². The molecule has 0 aliphatic carbocycles. The Morgan fingerprint density at radius 1 is 1.24 bits per heavy atom. The van der Waals surface area contributed by atoms with Crippen LogP contribution in [0.3, 0.4) is 0 Å². The Morgan fingerprint density at radius 2 is 2.00 bits per heavy atom. The molecule has 2 aromatic carbocycles. The number of hydrogen-bond donors (Lipinski definition) is 2. The highest BCUT2D eigenvalue weighted by molar-refractivity contribution is 6.31. The Kier molecular flexibility index (Phi) is 5.56. The number of halogens is 2. The van der Waals surface area contributed by atoms with Crippen molar-refractivity contribution in [3.63, 3.8) is 0 Å². The lowest BCUT2D eigenvalue weighted by atomic mass is 9.95. The van der Waals surface area contributed by atoms with E-state index in [1.54, 1.807) is 0 Å². The first kappa shape index (κ1) is 17.7. The second-order valence-electron chi connectivity index (χ2n) is 6.41. The minimum Gasteiger partial charge on any atom is -0.399 e. The fraction of sp³-hybridized carbons (Fsp3) is 0.316. The second-order valence-corrected chi connectivity index (χ2v) is 6.82. The van der Waals surface area contributed by atoms with Crippen molar-refractivity contribution in [3.05, 3.63) is 58.9 Å². The van der Waals surface area contributed by atoms with Crippen molar-refractivity contribution in [1.82, 2.24) is 4.90 Å². The molecule has 0 unspecified atom stereocenters. The van der Waals surface area contributed by atoms with Crippen LogP contribution in [-0.4, -0.2) is 23.9 Å². The summed E-state index contributed by atoms with van der Waals surface area (Å²) < 4.78 is 13.2. The van der Waals surface area contributed by atoms with Crippen molar-refractivity contribution < 1.29 is 9.18 Å². The summed E-state index contributed by atoms with van der Waals surface area (Å²) in [5.74, 6) is -0.568. The first-order chi connectivity index (χ1) is 12.0. The summed E-state index contributed by atoms with van der Waals surface area (Å²) in [6.07, 6.45) is 1.59. The van der Waals surface area contributed by atoms with Crippen molar-refractivity contribution in [2.45, 2.75) is 19.4 Å². The molecule has 0 atom stereocenters. The zero-order chi connectivity index (χ0) is 17.8. The smallest absolute Gasteiger partial charge is 0.227 e. The molecule has 1 amide bonds. The van der Waals surface area contributed by atoms with Crippen LogP contribution in [0.25, 0.3) is 0 Å². The Hall–Kier alpha value is -2.11. The van der Waals surface area contributed by atoms with Crippen molar-refractivity contribution in [1.29, 1.82) is 0 Å². The Labute approximate surface area is 151 Å². The van der Waals surface area contributed by atoms with Crippen molar-refractivity contribution in [2.24, 2.45) is 5.92 Å². The fourth-order valence-electron chi connectivity index (χ4n) is 3.12. The summed E-state index contributed by atoms with van der Waals surface area (Å²) in [6, 6.07) is 12.1. The van der Waals surface area contributed by atoms with Gasteiger partial charge in [-0.15, -0.1) is 0 Å². The molecule has 1 fully saturated rings. The molecular formula is C19H21ClFN3O. The molecule has 0 aromatic heterocycles. The molecule has 0 spiro atoms. The van der Waals surface area contributed by atoms with Crippen LogP contribution in [0.4, 0.5) is 15.8 Å². The molecule has 0 bridgehead atoms. The molecule has 4 nitrogen and oxygen atoms in total. The average Bonchev–Trinajstić information content (AvgIpc) is 2.59. The molecular weight excluding hydrogens is 341 g/mol. The number of nitrogen functional groups attached to an aromatic ring is 1. The first-order valence-electron chi connectivity index (χ1n) is 8.34. The minimum absolute atomic E-state index is 0.00903. The maximum absolute atomic E-state index is 13.2. The number of benzene rings is 2. The molecule has 132 valence electrons. The van der Waals surface area contributed by atoms with Crippen molar-refractivity contribution in [2.75, 3.05) is 24.1 Å². The molecule has 0 radical (unpaired) electrons. The minimum atomic E-state index is -0.491. The standard InChI is InChI=1S/C19H21ClFN3O/c20-17-11-16(4-5-18(17)21)23-19(25)14-6-8-24(9-7-14)12-13-2-1-3-15(22)10-13/h1-5,10-11,14H,6-9,12,22H2,(H,23,25). The Balaban J connectivity index is 1.51. The zero-order valence-corrected chi connectivity index (χ0v) is 14.6. The predicted octanol–water partition coefficient (Wildman–Crippen LogP) is 3.91. The molecule has 1 aliphatic heterocycles. The number of hydrogen-bond acceptors (Lipinski definition) is 3. The van der Waals surface area contributed by atoms with E-state index in [1.807, 2.05) is 18.2 Å². The number of anilines is 2. The monoisotopic (exact) mass is 361 g/mol. The number of amides is 1. The van der Waals surface area contributed by atoms with Crippen LogP contribution in [0.1, 0.15) is 18.4 Å². The number of likely N-dealkylation sites (tertiary alicyclic amines) is 1. The third kappa shape index (κ3) is 4.71. The number of nitrogens with zero attached hydrogens (tertiary/aromatic N) is 1. The van der Waals surface area contributed by atoms with Gasteiger partial charge in [0.15, 0.2) is 0 Å². The van der Waals surface area contributed by atoms with Crippen LogP contribution in [0.15, 0.2) is 42.5 Å². The van der Waals surface area contributed by atoms with E-state index in [-0.39, 0.29) is 16.8 Å². The van der Waals surface area contributed by atoms with E-state index < -0.39 is 5.82 Å². The maximum atomic E-state index is 13.2. The molecule has 1 heterocycles. The molecule has 3 rings (SSSR count). The lowest BCUT2D eigenvalue weighted by Crippen LogP contribution is -2.37. The largest absolute Gasteiger partial charge is 0.399 e. The number of piperidine rings is 1. The molecule has 25 heavy (non-hydrogen) atoms. The summed E-state index contributed by atoms with van der Waals surface area (Å²) in [6.45, 7) is 2.56. The lowest BCUT2D eigenvalue weighted by molar-refractivity contribution is -0.121. The van der Waals surface area contributed by atoms with Gasteiger partial charge in [0.05, 0.1) is 5.02 Å². The van der Waals surface area contributed by atoms with E-state index in [0.29, 0.717) is 5.69 Å². The van der Waals surface area contributed by atoms with Crippen LogP contribution in [0.5, 0.6) is 0 Å². The van der Waals surface area contributed by atoms with Gasteiger partial charge in [-0.3, -0.25) is 9.69 Å². The van der Waals surface area contributed by atoms with Gasteiger partial charge in [-0.2, -0.15) is 0 Å². The number of nitrogens with two attached hydrogens (primary N) is 1. The molecule has 3 N–H and O–H groups in total. The van der Waals surface area contributed by atoms with E-state index in [1.165, 1.54) is 23.8 Å². The lowest BCUT2D eigenvalue weighted by Gasteiger charge is -2.31. The number of rotatable bonds is 4. The number of nitrogens with one attached hydrogen (secondary N) is 1. The van der Waals surface area contributed by atoms with E-state index in [9.17, 15) is 9.18 Å². The maximum Gasteiger partial charge on any atom is 0.227 e. The van der Waals surface area contributed by atoms with Gasteiger partial charge in [0.2, 0.25) is 5.91 Å². The van der Waals surface area contributed by atoms with Crippen LogP contribution in [0.2, 0.25) is 5.02 Å². The summed E-state index contributed by atoms with van der Waals surface area (Å²) in [4.78, 5) is 14.7. The first-order valence-corrected chi connectivity index (χ1v) is 8.72. The van der Waals surface area contributed by atoms with Gasteiger partial charge in [0.1, 0.15) is 5.82 Å². The van der Waals surface area contributed by atoms with E-state index in [4.69, 9.17) is 17.3 Å². The van der Waals surface area contributed by atoms with Crippen molar-refractivity contribution in [3.8, 4) is 0 Å². The highest BCUT2D eigenvalue weighted by Crippen LogP contribution is 2.23. The van der Waals surface area contributed by atoms with Crippen LogP contribution < -0.4 is 11.1 Å². The summed E-state index contributed by atoms with van der Waals surface area (Å²) in [5, 5.41) is 2.84. The highest BCUT2D eigenvalue weighted by atomic mass is 35.5. The van der Waals surface area contributed by atoms with Gasteiger partial charge in [0, 0.05) is 23.8 Å². The Morgan fingerprint density at radius 3 is 2.68 bits per heavy atom. The summed E-state index contributed by atoms with van der Waals surface area (Å²) in [5.41, 5.74) is 8.29. The third-order valence-electron chi connectivity index (χ3n) is 4.50. The van der Waals surface area contributed by atoms with Crippen LogP contribution in [-0.2, 0) is 11.3 Å². The van der Waals surface area contributed by atoms with Gasteiger partial charge in [-0.1, -0.05) is 23.7 Å². The van der Waals surface area contributed by atoms with E-state index in [2.05, 4.69) is 16.3 Å². The molecule has 0 saturated carbocycles. The second kappa shape index (κ2) is 7.85.